The summed E-state index contributed by atoms with van der Waals surface area (Å²) >= 11 is 5.70. The molecule has 14 heteroatoms. The van der Waals surface area contributed by atoms with E-state index in [-0.39, 0.29) is 0 Å². The van der Waals surface area contributed by atoms with Gasteiger partial charge in [-0.25, -0.2) is 18.5 Å². The van der Waals surface area contributed by atoms with E-state index < -0.39 is 73.6 Å². The molecule has 1 aromatic heterocycles. The van der Waals surface area contributed by atoms with Crippen molar-refractivity contribution >= 4 is 17.6 Å². The lowest BCUT2D eigenvalue weighted by atomic mass is 10.1. The molecule has 0 amide bonds. The number of aromatic amines is 1. The van der Waals surface area contributed by atoms with Gasteiger partial charge in [0.05, 0.1) is 22.4 Å². The Morgan fingerprint density at radius 2 is 1.70 bits per heavy atom. The Morgan fingerprint density at radius 1 is 1.13 bits per heavy atom. The Hall–Kier alpha value is -2.83. The lowest BCUT2D eigenvalue weighted by Gasteiger charge is -2.20. The fourth-order valence-corrected chi connectivity index (χ4v) is 2.46. The molecule has 0 aliphatic rings. The maximum atomic E-state index is 14.3. The number of halogens is 8. The van der Waals surface area contributed by atoms with Gasteiger partial charge in [0.1, 0.15) is 11.5 Å². The fourth-order valence-electron chi connectivity index (χ4n) is 2.23. The topological polar surface area (TPSA) is 81.2 Å². The summed E-state index contributed by atoms with van der Waals surface area (Å²) in [7, 11) is 0. The predicted molar refractivity (Wildman–Crippen MR) is 88.1 cm³/mol. The van der Waals surface area contributed by atoms with Crippen LogP contribution < -0.4 is 11.2 Å². The maximum absolute atomic E-state index is 14.3. The zero-order chi connectivity index (χ0) is 23.2. The third-order valence-corrected chi connectivity index (χ3v) is 3.87. The van der Waals surface area contributed by atoms with Gasteiger partial charge in [-0.3, -0.25) is 4.79 Å². The molecule has 2 rings (SSSR count). The average Bonchev–Trinajstić information content (AvgIpc) is 2.58. The highest BCUT2D eigenvalue weighted by Gasteiger charge is 2.61. The van der Waals surface area contributed by atoms with Crippen LogP contribution in [0, 0.1) is 11.6 Å². The third kappa shape index (κ3) is 4.06. The highest BCUT2D eigenvalue weighted by molar-refractivity contribution is 6.33. The van der Waals surface area contributed by atoms with Gasteiger partial charge in [-0.05, 0) is 26.0 Å². The first-order valence-electron chi connectivity index (χ1n) is 7.79. The number of esters is 1. The van der Waals surface area contributed by atoms with Crippen molar-refractivity contribution in [3.63, 3.8) is 0 Å². The first kappa shape index (κ1) is 23.4. The van der Waals surface area contributed by atoms with Crippen LogP contribution in [0.5, 0.6) is 0 Å². The summed E-state index contributed by atoms with van der Waals surface area (Å²) in [4.78, 5) is 36.9. The van der Waals surface area contributed by atoms with Crippen molar-refractivity contribution in [2.75, 3.05) is 0 Å². The van der Waals surface area contributed by atoms with Crippen molar-refractivity contribution in [1.82, 2.24) is 9.55 Å². The van der Waals surface area contributed by atoms with Crippen molar-refractivity contribution in [3.05, 3.63) is 60.9 Å². The number of hydrogen-bond donors (Lipinski definition) is 1. The number of nitrogens with one attached hydrogen (secondary N) is 1. The molecule has 0 aliphatic carbocycles. The largest absolute Gasteiger partial charge is 0.459 e. The summed E-state index contributed by atoms with van der Waals surface area (Å²) in [6, 6.07) is 0.926. The van der Waals surface area contributed by atoms with Gasteiger partial charge in [0.2, 0.25) is 5.82 Å². The SMILES string of the molecule is CC(C)OC(=O)c1cc(-n2c(=O)[nH]c(C(F)(F)C(F)(F)F)c(F)c2=O)c(F)cc1Cl. The molecule has 0 spiro atoms. The summed E-state index contributed by atoms with van der Waals surface area (Å²) in [6.07, 6.45) is -7.01. The van der Waals surface area contributed by atoms with Crippen molar-refractivity contribution in [2.45, 2.75) is 32.1 Å². The summed E-state index contributed by atoms with van der Waals surface area (Å²) in [6.45, 7) is 2.89. The van der Waals surface area contributed by atoms with Gasteiger partial charge in [0.15, 0.2) is 0 Å². The molecular formula is C16H10ClF7N2O4. The van der Waals surface area contributed by atoms with Crippen LogP contribution in [0.1, 0.15) is 29.9 Å². The van der Waals surface area contributed by atoms with E-state index in [1.807, 2.05) is 0 Å². The van der Waals surface area contributed by atoms with E-state index in [1.54, 1.807) is 0 Å². The second-order valence-corrected chi connectivity index (χ2v) is 6.48. The minimum absolute atomic E-state index is 0.400. The number of rotatable bonds is 4. The van der Waals surface area contributed by atoms with Crippen molar-refractivity contribution < 1.29 is 40.3 Å². The molecule has 1 N–H and O–H groups in total. The molecule has 2 aromatic rings. The van der Waals surface area contributed by atoms with Gasteiger partial charge in [-0.15, -0.1) is 0 Å². The molecule has 0 aliphatic heterocycles. The predicted octanol–water partition coefficient (Wildman–Crippen LogP) is 3.68. The van der Waals surface area contributed by atoms with E-state index in [0.29, 0.717) is 12.1 Å². The molecule has 0 fully saturated rings. The maximum Gasteiger partial charge on any atom is 0.459 e. The summed E-state index contributed by atoms with van der Waals surface area (Å²) in [5, 5.41) is -0.535. The van der Waals surface area contributed by atoms with E-state index in [2.05, 4.69) is 0 Å². The number of nitrogens with zero attached hydrogens (tertiary/aromatic N) is 1. The molecule has 6 nitrogen and oxygen atoms in total. The van der Waals surface area contributed by atoms with Crippen LogP contribution >= 0.6 is 11.6 Å². The first-order chi connectivity index (χ1) is 13.6. The number of carbonyl (C=O) groups excluding carboxylic acids is 1. The number of H-pyrrole nitrogens is 1. The van der Waals surface area contributed by atoms with E-state index in [0.717, 1.165) is 4.98 Å². The van der Waals surface area contributed by atoms with Crippen LogP contribution in [0.15, 0.2) is 21.7 Å². The van der Waals surface area contributed by atoms with Crippen LogP contribution in [0.4, 0.5) is 30.7 Å². The molecule has 30 heavy (non-hydrogen) atoms. The number of aromatic nitrogens is 2. The van der Waals surface area contributed by atoms with Crippen LogP contribution in [0.3, 0.4) is 0 Å². The van der Waals surface area contributed by atoms with Crippen LogP contribution in [-0.2, 0) is 10.7 Å². The standard InChI is InChI=1S/C16H10ClF7N2O4/c1-5(2)30-13(28)6-3-9(8(18)4-7(6)17)26-12(27)10(19)11(25-14(26)29)15(20,21)16(22,23)24/h3-5H,1-2H3,(H,25,29). The molecule has 0 radical (unpaired) electrons. The normalized spacial score (nSPS) is 12.4. The highest BCUT2D eigenvalue weighted by Crippen LogP contribution is 2.43. The van der Waals surface area contributed by atoms with Gasteiger partial charge in [-0.2, -0.15) is 26.3 Å². The van der Waals surface area contributed by atoms with Crippen LogP contribution in [-0.4, -0.2) is 27.8 Å². The molecule has 0 saturated carbocycles. The molecule has 1 heterocycles. The lowest BCUT2D eigenvalue weighted by molar-refractivity contribution is -0.292. The molecular weight excluding hydrogens is 453 g/mol. The van der Waals surface area contributed by atoms with Crippen LogP contribution in [0.2, 0.25) is 5.02 Å². The lowest BCUT2D eigenvalue weighted by Crippen LogP contribution is -2.44. The Morgan fingerprint density at radius 3 is 2.20 bits per heavy atom. The quantitative estimate of drug-likeness (QED) is 0.555. The number of hydrogen-bond acceptors (Lipinski definition) is 4. The van der Waals surface area contributed by atoms with Gasteiger partial charge in [-0.1, -0.05) is 11.6 Å². The Labute approximate surface area is 166 Å². The minimum Gasteiger partial charge on any atom is -0.459 e. The number of benzene rings is 1. The highest BCUT2D eigenvalue weighted by atomic mass is 35.5. The summed E-state index contributed by atoms with van der Waals surface area (Å²) in [5.74, 6) is -11.2. The minimum atomic E-state index is -6.34. The second kappa shape index (κ2) is 7.78. The molecule has 0 saturated heterocycles. The molecule has 164 valence electrons. The zero-order valence-electron chi connectivity index (χ0n) is 14.8. The van der Waals surface area contributed by atoms with Crippen LogP contribution in [0.25, 0.3) is 5.69 Å². The van der Waals surface area contributed by atoms with E-state index >= 15 is 0 Å². The Kier molecular flexibility index (Phi) is 6.08. The fraction of sp³-hybridized carbons (Fsp3) is 0.312. The number of ether oxygens (including phenoxy) is 1. The van der Waals surface area contributed by atoms with Crippen molar-refractivity contribution in [3.8, 4) is 5.69 Å². The van der Waals surface area contributed by atoms with E-state index in [9.17, 15) is 45.1 Å². The number of alkyl halides is 5. The van der Waals surface area contributed by atoms with Gasteiger partial charge >= 0.3 is 23.8 Å². The van der Waals surface area contributed by atoms with Gasteiger partial charge in [0.25, 0.3) is 5.56 Å². The van der Waals surface area contributed by atoms with Gasteiger partial charge in [0, 0.05) is 0 Å². The smallest absolute Gasteiger partial charge is 0.459 e. The van der Waals surface area contributed by atoms with Gasteiger partial charge < -0.3 is 9.72 Å². The van der Waals surface area contributed by atoms with E-state index in [1.165, 1.54) is 13.8 Å². The van der Waals surface area contributed by atoms with E-state index in [4.69, 9.17) is 16.3 Å². The number of carbonyl (C=O) groups is 1. The molecule has 0 atom stereocenters. The summed E-state index contributed by atoms with van der Waals surface area (Å²) < 4.78 is 97.0. The molecule has 1 aromatic carbocycles. The molecule has 0 bridgehead atoms. The summed E-state index contributed by atoms with van der Waals surface area (Å²) in [5.41, 5.74) is -8.71. The second-order valence-electron chi connectivity index (χ2n) is 6.07. The average molecular weight is 463 g/mol. The Bertz CT molecular complexity index is 1120. The Balaban J connectivity index is 2.78. The molecule has 0 unspecified atom stereocenters. The third-order valence-electron chi connectivity index (χ3n) is 3.56. The first-order valence-corrected chi connectivity index (χ1v) is 8.17. The van der Waals surface area contributed by atoms with Crippen molar-refractivity contribution in [1.29, 1.82) is 0 Å². The van der Waals surface area contributed by atoms with Crippen molar-refractivity contribution in [2.24, 2.45) is 0 Å². The monoisotopic (exact) mass is 462 g/mol. The zero-order valence-corrected chi connectivity index (χ0v) is 15.6.